The van der Waals surface area contributed by atoms with Crippen LogP contribution in [0.4, 0.5) is 10.5 Å². The highest BCUT2D eigenvalue weighted by atomic mass is 35.5. The zero-order valence-corrected chi connectivity index (χ0v) is 17.3. The van der Waals surface area contributed by atoms with E-state index in [2.05, 4.69) is 15.7 Å². The van der Waals surface area contributed by atoms with Gasteiger partial charge in [0.25, 0.3) is 11.5 Å². The second-order valence-corrected chi connectivity index (χ2v) is 7.70. The van der Waals surface area contributed by atoms with E-state index >= 15 is 0 Å². The van der Waals surface area contributed by atoms with Gasteiger partial charge in [0.2, 0.25) is 5.91 Å². The van der Waals surface area contributed by atoms with Crippen LogP contribution in [0.15, 0.2) is 41.3 Å². The van der Waals surface area contributed by atoms with Gasteiger partial charge in [-0.2, -0.15) is 9.78 Å². The van der Waals surface area contributed by atoms with Crippen molar-refractivity contribution < 1.29 is 14.4 Å². The zero-order valence-electron chi connectivity index (χ0n) is 16.6. The van der Waals surface area contributed by atoms with Crippen LogP contribution in [-0.4, -0.2) is 64.7 Å². The Morgan fingerprint density at radius 1 is 1.10 bits per heavy atom. The molecule has 2 saturated heterocycles. The quantitative estimate of drug-likeness (QED) is 0.649. The highest BCUT2D eigenvalue weighted by Crippen LogP contribution is 2.23. The maximum Gasteiger partial charge on any atom is 0.322 e. The van der Waals surface area contributed by atoms with Crippen molar-refractivity contribution in [2.24, 2.45) is 0 Å². The molecule has 1 atom stereocenters. The number of para-hydroxylation sites is 1. The monoisotopic (exact) mass is 444 g/mol. The highest BCUT2D eigenvalue weighted by molar-refractivity contribution is 6.33. The number of rotatable bonds is 5. The lowest BCUT2D eigenvalue weighted by Gasteiger charge is -2.36. The predicted octanol–water partition coefficient (Wildman–Crippen LogP) is 0.523. The Morgan fingerprint density at radius 3 is 2.45 bits per heavy atom. The number of piperazine rings is 1. The van der Waals surface area contributed by atoms with Gasteiger partial charge in [0.15, 0.2) is 0 Å². The van der Waals surface area contributed by atoms with Gasteiger partial charge in [-0.1, -0.05) is 29.8 Å². The van der Waals surface area contributed by atoms with Crippen LogP contribution < -0.4 is 21.1 Å². The van der Waals surface area contributed by atoms with Gasteiger partial charge in [0, 0.05) is 32.6 Å². The SMILES string of the molecule is O=C1NC(=O)C(CCC(=O)N2CCN(c3cnn(-c4ccccc4)c(=O)c3Cl)CC2)N1. The molecule has 0 spiro atoms. The third-order valence-electron chi connectivity index (χ3n) is 5.38. The predicted molar refractivity (Wildman–Crippen MR) is 113 cm³/mol. The number of aromatic nitrogens is 2. The maximum atomic E-state index is 12.7. The first-order valence-electron chi connectivity index (χ1n) is 9.91. The summed E-state index contributed by atoms with van der Waals surface area (Å²) in [4.78, 5) is 51.5. The molecule has 2 aliphatic rings. The minimum absolute atomic E-state index is 0.0848. The summed E-state index contributed by atoms with van der Waals surface area (Å²) < 4.78 is 1.25. The van der Waals surface area contributed by atoms with E-state index in [1.165, 1.54) is 4.68 Å². The lowest BCUT2D eigenvalue weighted by Crippen LogP contribution is -2.49. The van der Waals surface area contributed by atoms with Crippen LogP contribution in [-0.2, 0) is 9.59 Å². The molecule has 3 heterocycles. The smallest absolute Gasteiger partial charge is 0.322 e. The number of urea groups is 1. The molecule has 4 amide bonds. The molecule has 2 aromatic rings. The van der Waals surface area contributed by atoms with Gasteiger partial charge in [-0.3, -0.25) is 19.7 Å². The Kier molecular flexibility index (Phi) is 5.90. The number of imide groups is 1. The van der Waals surface area contributed by atoms with Crippen molar-refractivity contribution in [2.75, 3.05) is 31.1 Å². The number of hydrogen-bond donors (Lipinski definition) is 2. The molecule has 0 bridgehead atoms. The van der Waals surface area contributed by atoms with Gasteiger partial charge in [-0.05, 0) is 18.6 Å². The summed E-state index contributed by atoms with van der Waals surface area (Å²) >= 11 is 6.36. The Balaban J connectivity index is 1.36. The first kappa shape index (κ1) is 20.9. The molecule has 0 aliphatic carbocycles. The molecule has 10 nitrogen and oxygen atoms in total. The lowest BCUT2D eigenvalue weighted by molar-refractivity contribution is -0.131. The number of benzene rings is 1. The van der Waals surface area contributed by atoms with Crippen LogP contribution >= 0.6 is 11.6 Å². The van der Waals surface area contributed by atoms with Gasteiger partial charge in [-0.15, -0.1) is 0 Å². The van der Waals surface area contributed by atoms with E-state index in [-0.39, 0.29) is 23.8 Å². The van der Waals surface area contributed by atoms with Crippen molar-refractivity contribution in [1.29, 1.82) is 0 Å². The Labute approximate surface area is 182 Å². The number of carbonyl (C=O) groups is 3. The van der Waals surface area contributed by atoms with E-state index in [0.29, 0.717) is 37.6 Å². The van der Waals surface area contributed by atoms with Crippen LogP contribution in [0.3, 0.4) is 0 Å². The van der Waals surface area contributed by atoms with E-state index in [1.54, 1.807) is 23.2 Å². The first-order chi connectivity index (χ1) is 14.9. The third-order valence-corrected chi connectivity index (χ3v) is 5.74. The largest absolute Gasteiger partial charge is 0.365 e. The van der Waals surface area contributed by atoms with Crippen LogP contribution in [0.25, 0.3) is 5.69 Å². The summed E-state index contributed by atoms with van der Waals surface area (Å²) in [5.41, 5.74) is 0.764. The Bertz CT molecular complexity index is 1070. The van der Waals surface area contributed by atoms with Gasteiger partial charge in [0.05, 0.1) is 17.6 Å². The summed E-state index contributed by atoms with van der Waals surface area (Å²) in [6.07, 6.45) is 1.98. The summed E-state index contributed by atoms with van der Waals surface area (Å²) in [6.45, 7) is 1.92. The molecule has 2 aliphatic heterocycles. The van der Waals surface area contributed by atoms with E-state index < -0.39 is 23.5 Å². The van der Waals surface area contributed by atoms with Crippen LogP contribution in [0.5, 0.6) is 0 Å². The minimum Gasteiger partial charge on any atom is -0.365 e. The fourth-order valence-corrected chi connectivity index (χ4v) is 3.93. The normalized spacial score (nSPS) is 18.7. The standard InChI is InChI=1S/C20H21ClN6O4/c21-17-15(12-22-27(19(17)30)13-4-2-1-3-5-13)25-8-10-26(11-9-25)16(28)7-6-14-18(29)24-20(31)23-14/h1-5,12,14H,6-11H2,(H2,23,24,29,31). The Hall–Kier alpha value is -3.40. The molecule has 2 N–H and O–H groups in total. The van der Waals surface area contributed by atoms with Gasteiger partial charge < -0.3 is 15.1 Å². The average Bonchev–Trinajstić information content (AvgIpc) is 3.11. The number of nitrogens with zero attached hydrogens (tertiary/aromatic N) is 4. The molecule has 162 valence electrons. The van der Waals surface area contributed by atoms with Crippen molar-refractivity contribution in [2.45, 2.75) is 18.9 Å². The van der Waals surface area contributed by atoms with Crippen molar-refractivity contribution >= 4 is 35.1 Å². The van der Waals surface area contributed by atoms with Crippen LogP contribution in [0.2, 0.25) is 5.02 Å². The fourth-order valence-electron chi connectivity index (χ4n) is 3.68. The van der Waals surface area contributed by atoms with Gasteiger partial charge in [0.1, 0.15) is 11.1 Å². The summed E-state index contributed by atoms with van der Waals surface area (Å²) in [5.74, 6) is -0.493. The second kappa shape index (κ2) is 8.76. The Morgan fingerprint density at radius 2 is 1.81 bits per heavy atom. The van der Waals surface area contributed by atoms with Crippen molar-refractivity contribution in [3.63, 3.8) is 0 Å². The van der Waals surface area contributed by atoms with Crippen LogP contribution in [0, 0.1) is 0 Å². The van der Waals surface area contributed by atoms with E-state index in [0.717, 1.165) is 0 Å². The summed E-state index contributed by atoms with van der Waals surface area (Å²) in [5, 5.41) is 8.97. The number of carbonyl (C=O) groups excluding carboxylic acids is 3. The molecular formula is C20H21ClN6O4. The zero-order chi connectivity index (χ0) is 22.0. The number of amides is 4. The molecule has 0 saturated carbocycles. The molecule has 2 fully saturated rings. The number of nitrogens with one attached hydrogen (secondary N) is 2. The molecule has 11 heteroatoms. The average molecular weight is 445 g/mol. The minimum atomic E-state index is -0.668. The molecular weight excluding hydrogens is 424 g/mol. The molecule has 31 heavy (non-hydrogen) atoms. The topological polar surface area (TPSA) is 117 Å². The maximum absolute atomic E-state index is 12.7. The van der Waals surface area contributed by atoms with Gasteiger partial charge >= 0.3 is 6.03 Å². The fraction of sp³-hybridized carbons (Fsp3) is 0.350. The third kappa shape index (κ3) is 4.38. The van der Waals surface area contributed by atoms with E-state index in [9.17, 15) is 19.2 Å². The van der Waals surface area contributed by atoms with Crippen LogP contribution in [0.1, 0.15) is 12.8 Å². The number of anilines is 1. The number of hydrogen-bond acceptors (Lipinski definition) is 6. The highest BCUT2D eigenvalue weighted by Gasteiger charge is 2.31. The number of halogens is 1. The van der Waals surface area contributed by atoms with Crippen molar-refractivity contribution in [3.8, 4) is 5.69 Å². The van der Waals surface area contributed by atoms with E-state index in [1.807, 2.05) is 23.1 Å². The summed E-state index contributed by atoms with van der Waals surface area (Å²) in [6, 6.07) is 7.83. The molecule has 0 radical (unpaired) electrons. The molecule has 4 rings (SSSR count). The van der Waals surface area contributed by atoms with Gasteiger partial charge in [-0.25, -0.2) is 4.79 Å². The van der Waals surface area contributed by atoms with E-state index in [4.69, 9.17) is 11.6 Å². The van der Waals surface area contributed by atoms with Crippen molar-refractivity contribution in [3.05, 3.63) is 51.9 Å². The molecule has 1 unspecified atom stereocenters. The van der Waals surface area contributed by atoms with Crippen molar-refractivity contribution in [1.82, 2.24) is 25.3 Å². The lowest BCUT2D eigenvalue weighted by atomic mass is 10.1. The first-order valence-corrected chi connectivity index (χ1v) is 10.3. The second-order valence-electron chi connectivity index (χ2n) is 7.32. The molecule has 1 aromatic heterocycles. The molecule has 1 aromatic carbocycles. The summed E-state index contributed by atoms with van der Waals surface area (Å²) in [7, 11) is 0.